The van der Waals surface area contributed by atoms with Gasteiger partial charge in [0.05, 0.1) is 11.7 Å². The Hall–Kier alpha value is -3.38. The number of hydrogen-bond acceptors (Lipinski definition) is 2. The molecule has 0 aliphatic heterocycles. The van der Waals surface area contributed by atoms with Gasteiger partial charge < -0.3 is 10.4 Å². The molecule has 3 aromatic rings. The van der Waals surface area contributed by atoms with Gasteiger partial charge in [-0.05, 0) is 41.0 Å². The van der Waals surface area contributed by atoms with Crippen molar-refractivity contribution in [3.63, 3.8) is 0 Å². The molecule has 0 heterocycles. The molecule has 1 atom stereocenters. The first-order valence-corrected chi connectivity index (χ1v) is 9.29. The van der Waals surface area contributed by atoms with E-state index >= 15 is 0 Å². The summed E-state index contributed by atoms with van der Waals surface area (Å²) in [5.41, 5.74) is 1.80. The fraction of sp³-hybridized carbons (Fsp3) is 0.125. The maximum absolute atomic E-state index is 12.6. The number of carbonyl (C=O) groups excluding carboxylic acids is 1. The molecule has 2 N–H and O–H groups in total. The van der Waals surface area contributed by atoms with E-state index in [1.807, 2.05) is 48.6 Å². The molecule has 0 spiro atoms. The third-order valence-electron chi connectivity index (χ3n) is 4.50. The second-order valence-corrected chi connectivity index (χ2v) is 6.72. The van der Waals surface area contributed by atoms with Gasteiger partial charge in [-0.2, -0.15) is 13.2 Å². The van der Waals surface area contributed by atoms with Crippen LogP contribution in [0.5, 0.6) is 0 Å². The van der Waals surface area contributed by atoms with Crippen molar-refractivity contribution in [3.05, 3.63) is 107 Å². The predicted octanol–water partition coefficient (Wildman–Crippen LogP) is 5.34. The highest BCUT2D eigenvalue weighted by Crippen LogP contribution is 2.29. The number of benzene rings is 3. The predicted molar refractivity (Wildman–Crippen MR) is 111 cm³/mol. The Morgan fingerprint density at radius 3 is 2.20 bits per heavy atom. The van der Waals surface area contributed by atoms with Crippen LogP contribution < -0.4 is 5.32 Å². The monoisotopic (exact) mass is 411 g/mol. The Bertz CT molecular complexity index is 1010. The van der Waals surface area contributed by atoms with Crippen molar-refractivity contribution in [1.82, 2.24) is 5.32 Å². The van der Waals surface area contributed by atoms with Crippen LogP contribution in [0.1, 0.15) is 38.7 Å². The summed E-state index contributed by atoms with van der Waals surface area (Å²) in [7, 11) is 0. The number of amides is 1. The highest BCUT2D eigenvalue weighted by Gasteiger charge is 2.30. The standard InChI is InChI=1S/C24H20F3NO2/c25-24(26,27)21-13-11-19(12-14-21)22(29)16-28-23(30)20-8-4-7-18(15-20)10-9-17-5-2-1-3-6-17/h1-15,22,29H,16H2,(H,28,30)/b10-9+. The molecule has 1 amide bonds. The SMILES string of the molecule is O=C(NCC(O)c1ccc(C(F)(F)F)cc1)c1cccc(/C=C/c2ccccc2)c1. The van der Waals surface area contributed by atoms with Crippen LogP contribution in [0.3, 0.4) is 0 Å². The average Bonchev–Trinajstić information content (AvgIpc) is 2.76. The third-order valence-corrected chi connectivity index (χ3v) is 4.50. The van der Waals surface area contributed by atoms with Crippen LogP contribution in [-0.2, 0) is 6.18 Å². The summed E-state index contributed by atoms with van der Waals surface area (Å²) in [6.07, 6.45) is -1.72. The number of halogens is 3. The number of alkyl halides is 3. The van der Waals surface area contributed by atoms with Crippen molar-refractivity contribution < 1.29 is 23.1 Å². The fourth-order valence-corrected chi connectivity index (χ4v) is 2.84. The smallest absolute Gasteiger partial charge is 0.387 e. The Morgan fingerprint density at radius 2 is 1.53 bits per heavy atom. The maximum atomic E-state index is 12.6. The van der Waals surface area contributed by atoms with Gasteiger partial charge in [-0.1, -0.05) is 66.7 Å². The zero-order chi connectivity index (χ0) is 21.6. The molecular weight excluding hydrogens is 391 g/mol. The molecular formula is C24H20F3NO2. The molecule has 3 nitrogen and oxygen atoms in total. The summed E-state index contributed by atoms with van der Waals surface area (Å²) < 4.78 is 37.9. The normalized spacial score (nSPS) is 12.7. The van der Waals surface area contributed by atoms with Gasteiger partial charge >= 0.3 is 6.18 Å². The summed E-state index contributed by atoms with van der Waals surface area (Å²) in [5, 5.41) is 12.8. The van der Waals surface area contributed by atoms with E-state index in [1.165, 1.54) is 12.1 Å². The van der Waals surface area contributed by atoms with Crippen LogP contribution in [0, 0.1) is 0 Å². The lowest BCUT2D eigenvalue weighted by Gasteiger charge is -2.14. The number of hydrogen-bond donors (Lipinski definition) is 2. The number of aliphatic hydroxyl groups excluding tert-OH is 1. The van der Waals surface area contributed by atoms with Crippen molar-refractivity contribution >= 4 is 18.1 Å². The molecule has 1 unspecified atom stereocenters. The lowest BCUT2D eigenvalue weighted by Crippen LogP contribution is -2.28. The van der Waals surface area contributed by atoms with Gasteiger partial charge in [0, 0.05) is 12.1 Å². The molecule has 30 heavy (non-hydrogen) atoms. The van der Waals surface area contributed by atoms with E-state index in [2.05, 4.69) is 5.32 Å². The molecule has 154 valence electrons. The van der Waals surface area contributed by atoms with Crippen LogP contribution in [-0.4, -0.2) is 17.6 Å². The number of rotatable bonds is 6. The maximum Gasteiger partial charge on any atom is 0.416 e. The molecule has 6 heteroatoms. The van der Waals surface area contributed by atoms with Crippen molar-refractivity contribution in [2.24, 2.45) is 0 Å². The molecule has 0 bridgehead atoms. The van der Waals surface area contributed by atoms with E-state index < -0.39 is 17.8 Å². The summed E-state index contributed by atoms with van der Waals surface area (Å²) in [4.78, 5) is 12.4. The minimum Gasteiger partial charge on any atom is -0.387 e. The van der Waals surface area contributed by atoms with Crippen molar-refractivity contribution in [3.8, 4) is 0 Å². The van der Waals surface area contributed by atoms with Gasteiger partial charge in [0.15, 0.2) is 0 Å². The lowest BCUT2D eigenvalue weighted by atomic mass is 10.1. The number of nitrogens with one attached hydrogen (secondary N) is 1. The summed E-state index contributed by atoms with van der Waals surface area (Å²) >= 11 is 0. The topological polar surface area (TPSA) is 49.3 Å². The van der Waals surface area contributed by atoms with Gasteiger partial charge in [-0.3, -0.25) is 4.79 Å². The van der Waals surface area contributed by atoms with E-state index in [0.717, 1.165) is 23.3 Å². The van der Waals surface area contributed by atoms with E-state index in [9.17, 15) is 23.1 Å². The zero-order valence-corrected chi connectivity index (χ0v) is 15.9. The summed E-state index contributed by atoms with van der Waals surface area (Å²) in [6, 6.07) is 21.0. The van der Waals surface area contributed by atoms with Crippen LogP contribution in [0.15, 0.2) is 78.9 Å². The number of aliphatic hydroxyl groups is 1. The second kappa shape index (κ2) is 9.41. The van der Waals surface area contributed by atoms with Crippen LogP contribution >= 0.6 is 0 Å². The highest BCUT2D eigenvalue weighted by molar-refractivity contribution is 5.95. The third kappa shape index (κ3) is 5.81. The molecule has 0 saturated carbocycles. The minimum atomic E-state index is -4.43. The Morgan fingerprint density at radius 1 is 0.900 bits per heavy atom. The largest absolute Gasteiger partial charge is 0.416 e. The van der Waals surface area contributed by atoms with E-state index in [1.54, 1.807) is 18.2 Å². The fourth-order valence-electron chi connectivity index (χ4n) is 2.84. The van der Waals surface area contributed by atoms with Crippen LogP contribution in [0.4, 0.5) is 13.2 Å². The molecule has 0 aromatic heterocycles. The van der Waals surface area contributed by atoms with Crippen LogP contribution in [0.2, 0.25) is 0 Å². The van der Waals surface area contributed by atoms with Crippen molar-refractivity contribution in [2.45, 2.75) is 12.3 Å². The minimum absolute atomic E-state index is 0.117. The molecule has 0 aliphatic carbocycles. The Labute approximate surface area is 172 Å². The van der Waals surface area contributed by atoms with Crippen molar-refractivity contribution in [1.29, 1.82) is 0 Å². The lowest BCUT2D eigenvalue weighted by molar-refractivity contribution is -0.137. The van der Waals surface area contributed by atoms with Gasteiger partial charge in [0.1, 0.15) is 0 Å². The highest BCUT2D eigenvalue weighted by atomic mass is 19.4. The summed E-state index contributed by atoms with van der Waals surface area (Å²) in [5.74, 6) is -0.379. The van der Waals surface area contributed by atoms with Gasteiger partial charge in [0.2, 0.25) is 0 Å². The first kappa shape index (κ1) is 21.3. The molecule has 0 saturated heterocycles. The van der Waals surface area contributed by atoms with Gasteiger partial charge in [-0.15, -0.1) is 0 Å². The molecule has 0 fully saturated rings. The Kier molecular flexibility index (Phi) is 6.69. The first-order chi connectivity index (χ1) is 14.3. The first-order valence-electron chi connectivity index (χ1n) is 9.29. The Balaban J connectivity index is 1.60. The molecule has 0 radical (unpaired) electrons. The zero-order valence-electron chi connectivity index (χ0n) is 15.9. The summed E-state index contributed by atoms with van der Waals surface area (Å²) in [6.45, 7) is -0.117. The van der Waals surface area contributed by atoms with E-state index in [0.29, 0.717) is 11.1 Å². The van der Waals surface area contributed by atoms with E-state index in [4.69, 9.17) is 0 Å². The second-order valence-electron chi connectivity index (χ2n) is 6.72. The molecule has 3 rings (SSSR count). The molecule has 0 aliphatic rings. The van der Waals surface area contributed by atoms with E-state index in [-0.39, 0.29) is 12.5 Å². The van der Waals surface area contributed by atoms with Crippen molar-refractivity contribution in [2.75, 3.05) is 6.54 Å². The van der Waals surface area contributed by atoms with Crippen LogP contribution in [0.25, 0.3) is 12.2 Å². The quantitative estimate of drug-likeness (QED) is 0.538. The molecule has 3 aromatic carbocycles. The average molecular weight is 411 g/mol. The number of carbonyl (C=O) groups is 1. The van der Waals surface area contributed by atoms with Gasteiger partial charge in [-0.25, -0.2) is 0 Å². The van der Waals surface area contributed by atoms with Gasteiger partial charge in [0.25, 0.3) is 5.91 Å².